The number of nitrogens with zero attached hydrogens (tertiary/aromatic N) is 1. The van der Waals surface area contributed by atoms with Gasteiger partial charge >= 0.3 is 5.97 Å². The van der Waals surface area contributed by atoms with E-state index in [-0.39, 0.29) is 23.8 Å². The van der Waals surface area contributed by atoms with Gasteiger partial charge in [-0.15, -0.1) is 0 Å². The minimum Gasteiger partial charge on any atom is -0.491 e. The number of hydrogen-bond donors (Lipinski definition) is 2. The van der Waals surface area contributed by atoms with Crippen LogP contribution in [0.1, 0.15) is 18.1 Å². The number of fused-ring (bicyclic) bond motifs is 1. The van der Waals surface area contributed by atoms with E-state index in [0.717, 1.165) is 10.9 Å². The lowest BCUT2D eigenvalue weighted by atomic mass is 10.1. The van der Waals surface area contributed by atoms with Gasteiger partial charge in [0.2, 0.25) is 11.7 Å². The Morgan fingerprint density at radius 3 is 2.88 bits per heavy atom. The average molecular weight is 463 g/mol. The molecule has 176 valence electrons. The van der Waals surface area contributed by atoms with Crippen molar-refractivity contribution in [2.24, 2.45) is 0 Å². The monoisotopic (exact) mass is 463 g/mol. The van der Waals surface area contributed by atoms with E-state index in [9.17, 15) is 9.59 Å². The second-order valence-corrected chi connectivity index (χ2v) is 7.45. The molecule has 0 bridgehead atoms. The third-order valence-corrected chi connectivity index (χ3v) is 5.14. The molecule has 0 saturated carbocycles. The Labute approximate surface area is 196 Å². The Morgan fingerprint density at radius 1 is 1.26 bits per heavy atom. The second-order valence-electron chi connectivity index (χ2n) is 7.45. The summed E-state index contributed by atoms with van der Waals surface area (Å²) in [5.74, 6) is -0.611. The lowest BCUT2D eigenvalue weighted by Gasteiger charge is -2.13. The molecule has 1 aliphatic heterocycles. The van der Waals surface area contributed by atoms with Gasteiger partial charge in [-0.05, 0) is 55.8 Å². The molecule has 2 aromatic heterocycles. The molecule has 3 aromatic rings. The van der Waals surface area contributed by atoms with Gasteiger partial charge < -0.3 is 29.2 Å². The van der Waals surface area contributed by atoms with Gasteiger partial charge in [-0.3, -0.25) is 4.79 Å². The minimum atomic E-state index is -0.754. The van der Waals surface area contributed by atoms with Crippen molar-refractivity contribution in [3.05, 3.63) is 71.1 Å². The summed E-state index contributed by atoms with van der Waals surface area (Å²) in [7, 11) is 1.61. The first-order chi connectivity index (χ1) is 16.5. The number of ketones is 1. The van der Waals surface area contributed by atoms with Gasteiger partial charge in [-0.1, -0.05) is 0 Å². The van der Waals surface area contributed by atoms with Gasteiger partial charge in [0.15, 0.2) is 11.3 Å². The van der Waals surface area contributed by atoms with Crippen LogP contribution < -0.4 is 10.1 Å². The van der Waals surface area contributed by atoms with Crippen molar-refractivity contribution in [3.63, 3.8) is 0 Å². The van der Waals surface area contributed by atoms with Crippen molar-refractivity contribution in [1.82, 2.24) is 9.97 Å². The van der Waals surface area contributed by atoms with E-state index in [0.29, 0.717) is 35.9 Å². The fourth-order valence-corrected chi connectivity index (χ4v) is 3.47. The lowest BCUT2D eigenvalue weighted by molar-refractivity contribution is -0.139. The predicted octanol–water partition coefficient (Wildman–Crippen LogP) is 3.72. The molecule has 0 radical (unpaired) electrons. The van der Waals surface area contributed by atoms with Crippen LogP contribution in [0.25, 0.3) is 17.1 Å². The molecule has 9 heteroatoms. The Morgan fingerprint density at radius 2 is 2.12 bits per heavy atom. The molecule has 0 saturated heterocycles. The van der Waals surface area contributed by atoms with E-state index < -0.39 is 11.8 Å². The fourth-order valence-electron chi connectivity index (χ4n) is 3.47. The normalized spacial score (nSPS) is 14.6. The lowest BCUT2D eigenvalue weighted by Crippen LogP contribution is -2.16. The number of allylic oxidation sites excluding steroid dienone is 1. The average Bonchev–Trinajstić information content (AvgIpc) is 3.37. The highest BCUT2D eigenvalue weighted by molar-refractivity contribution is 6.26. The van der Waals surface area contributed by atoms with Crippen molar-refractivity contribution in [1.29, 1.82) is 0 Å². The van der Waals surface area contributed by atoms with Gasteiger partial charge in [0.1, 0.15) is 18.0 Å². The number of hydrogen-bond acceptors (Lipinski definition) is 8. The maximum atomic E-state index is 13.1. The molecule has 2 N–H and O–H groups in total. The molecule has 1 aromatic carbocycles. The Bertz CT molecular complexity index is 1290. The minimum absolute atomic E-state index is 0.00692. The Hall–Kier alpha value is -4.11. The fraction of sp³-hybridized carbons (Fsp3) is 0.240. The molecule has 0 amide bonds. The first kappa shape index (κ1) is 23.1. The van der Waals surface area contributed by atoms with E-state index in [4.69, 9.17) is 18.9 Å². The standard InChI is InChI=1S/C25H25N3O6/c1-4-32-25(30)21-22(29)20(13-16-14-27-23-18(16)6-5-9-26-23)34-24(21)28-19-8-7-17(12-15(19)2)33-11-10-31-3/h5-9,12-14,28H,4,10-11H2,1-3H3,(H,26,27). The maximum Gasteiger partial charge on any atom is 0.347 e. The van der Waals surface area contributed by atoms with Crippen LogP contribution in [0.5, 0.6) is 5.75 Å². The molecular weight excluding hydrogens is 438 g/mol. The molecule has 0 aliphatic carbocycles. The number of rotatable bonds is 9. The number of aromatic amines is 1. The largest absolute Gasteiger partial charge is 0.491 e. The molecule has 34 heavy (non-hydrogen) atoms. The van der Waals surface area contributed by atoms with Crippen LogP contribution in [-0.2, 0) is 23.8 Å². The highest BCUT2D eigenvalue weighted by Crippen LogP contribution is 2.31. The molecule has 0 fully saturated rings. The highest BCUT2D eigenvalue weighted by atomic mass is 16.5. The number of anilines is 1. The quantitative estimate of drug-likeness (QED) is 0.214. The number of benzene rings is 1. The number of pyridine rings is 1. The summed E-state index contributed by atoms with van der Waals surface area (Å²) < 4.78 is 21.6. The van der Waals surface area contributed by atoms with E-state index >= 15 is 0 Å². The molecule has 0 unspecified atom stereocenters. The van der Waals surface area contributed by atoms with Gasteiger partial charge in [0.25, 0.3) is 0 Å². The third-order valence-electron chi connectivity index (χ3n) is 5.14. The topological polar surface area (TPSA) is 112 Å². The van der Waals surface area contributed by atoms with Gasteiger partial charge in [0, 0.05) is 36.1 Å². The summed E-state index contributed by atoms with van der Waals surface area (Å²) in [5.41, 5.74) is 2.69. The zero-order chi connectivity index (χ0) is 24.1. The summed E-state index contributed by atoms with van der Waals surface area (Å²) in [6.45, 7) is 4.58. The number of carbonyl (C=O) groups excluding carboxylic acids is 2. The van der Waals surface area contributed by atoms with E-state index in [1.165, 1.54) is 0 Å². The first-order valence-electron chi connectivity index (χ1n) is 10.8. The van der Waals surface area contributed by atoms with Crippen LogP contribution in [0, 0.1) is 6.92 Å². The van der Waals surface area contributed by atoms with Crippen molar-refractivity contribution >= 4 is 34.5 Å². The molecular formula is C25H25N3O6. The number of carbonyl (C=O) groups is 2. The second kappa shape index (κ2) is 10.2. The Kier molecular flexibility index (Phi) is 6.93. The van der Waals surface area contributed by atoms with E-state index in [1.54, 1.807) is 50.7 Å². The van der Waals surface area contributed by atoms with E-state index in [1.807, 2.05) is 19.1 Å². The van der Waals surface area contributed by atoms with Crippen LogP contribution in [-0.4, -0.2) is 48.7 Å². The number of methoxy groups -OCH3 is 1. The van der Waals surface area contributed by atoms with Crippen LogP contribution in [0.4, 0.5) is 5.69 Å². The van der Waals surface area contributed by atoms with Gasteiger partial charge in [-0.25, -0.2) is 9.78 Å². The number of Topliss-reactive ketones (excluding diaryl/α,β-unsaturated/α-hetero) is 1. The molecule has 0 atom stereocenters. The maximum absolute atomic E-state index is 13.1. The molecule has 1 aliphatic rings. The van der Waals surface area contributed by atoms with Crippen LogP contribution >= 0.6 is 0 Å². The number of nitrogens with one attached hydrogen (secondary N) is 2. The summed E-state index contributed by atoms with van der Waals surface area (Å²) >= 11 is 0. The summed E-state index contributed by atoms with van der Waals surface area (Å²) in [6, 6.07) is 9.09. The zero-order valence-electron chi connectivity index (χ0n) is 19.1. The SMILES string of the molecule is CCOC(=O)C1=C(Nc2ccc(OCCOC)cc2C)OC(=Cc2c[nH]c3ncccc23)C1=O. The van der Waals surface area contributed by atoms with Gasteiger partial charge in [-0.2, -0.15) is 0 Å². The number of ether oxygens (including phenoxy) is 4. The smallest absolute Gasteiger partial charge is 0.347 e. The van der Waals surface area contributed by atoms with Crippen LogP contribution in [0.2, 0.25) is 0 Å². The predicted molar refractivity (Wildman–Crippen MR) is 126 cm³/mol. The number of esters is 1. The van der Waals surface area contributed by atoms with Crippen molar-refractivity contribution in [2.45, 2.75) is 13.8 Å². The molecule has 4 rings (SSSR count). The number of H-pyrrole nitrogens is 1. The molecule has 0 spiro atoms. The van der Waals surface area contributed by atoms with Crippen molar-refractivity contribution in [3.8, 4) is 5.75 Å². The van der Waals surface area contributed by atoms with E-state index in [2.05, 4.69) is 15.3 Å². The van der Waals surface area contributed by atoms with Crippen molar-refractivity contribution in [2.75, 3.05) is 32.2 Å². The highest BCUT2D eigenvalue weighted by Gasteiger charge is 2.37. The summed E-state index contributed by atoms with van der Waals surface area (Å²) in [5, 5.41) is 3.89. The van der Waals surface area contributed by atoms with Gasteiger partial charge in [0.05, 0.1) is 13.2 Å². The summed E-state index contributed by atoms with van der Waals surface area (Å²) in [6.07, 6.45) is 4.98. The third kappa shape index (κ3) is 4.79. The first-order valence-corrected chi connectivity index (χ1v) is 10.8. The van der Waals surface area contributed by atoms with Crippen molar-refractivity contribution < 1.29 is 28.5 Å². The van der Waals surface area contributed by atoms with Crippen LogP contribution in [0.15, 0.2) is 59.9 Å². The number of aromatic nitrogens is 2. The Balaban J connectivity index is 1.62. The molecule has 3 heterocycles. The summed E-state index contributed by atoms with van der Waals surface area (Å²) in [4.78, 5) is 33.0. The molecule has 9 nitrogen and oxygen atoms in total. The zero-order valence-corrected chi connectivity index (χ0v) is 19.1. The van der Waals surface area contributed by atoms with Crippen LogP contribution in [0.3, 0.4) is 0 Å². The number of aryl methyl sites for hydroxylation is 1.